The monoisotopic (exact) mass is 550 g/mol. The molecule has 0 fully saturated rings. The summed E-state index contributed by atoms with van der Waals surface area (Å²) in [5.74, 6) is -0.637. The number of aliphatic carboxylic acids is 1. The van der Waals surface area contributed by atoms with Crippen molar-refractivity contribution in [3.63, 3.8) is 0 Å². The summed E-state index contributed by atoms with van der Waals surface area (Å²) in [5.41, 5.74) is 6.46. The number of para-hydroxylation sites is 1. The standard InChI is InChI=1S/C31H38N2O5S/c1-4-27-20-33(39(36,37)30-8-6-5-7-29(30)38-27)19-26-16-23(10-9-21(26)2)28(17-31(34)35)24-11-12-25-18-32(3)14-13-22(25)15-24/h5-12,15-16,27-28,36-37H,4,13-14,17-20H2,1-3H3,(H,34,35)/t27-,28?/m1/s1. The lowest BCUT2D eigenvalue weighted by Gasteiger charge is -2.42. The van der Waals surface area contributed by atoms with Crippen molar-refractivity contribution in [2.75, 3.05) is 20.1 Å². The van der Waals surface area contributed by atoms with Crippen LogP contribution in [0.25, 0.3) is 0 Å². The average Bonchev–Trinajstić information content (AvgIpc) is 3.02. The highest BCUT2D eigenvalue weighted by molar-refractivity contribution is 8.22. The molecule has 0 saturated heterocycles. The molecular weight excluding hydrogens is 512 g/mol. The highest BCUT2D eigenvalue weighted by Crippen LogP contribution is 2.57. The van der Waals surface area contributed by atoms with E-state index in [1.165, 1.54) is 11.1 Å². The molecule has 0 bridgehead atoms. The molecule has 1 unspecified atom stereocenters. The fourth-order valence-corrected chi connectivity index (χ4v) is 7.25. The maximum Gasteiger partial charge on any atom is 0.304 e. The number of carboxylic acid groups (broad SMARTS) is 1. The number of carbonyl (C=O) groups is 1. The Balaban J connectivity index is 1.49. The summed E-state index contributed by atoms with van der Waals surface area (Å²) in [6, 6.07) is 19.6. The predicted octanol–water partition coefficient (Wildman–Crippen LogP) is 6.29. The molecule has 7 nitrogen and oxygen atoms in total. The highest BCUT2D eigenvalue weighted by Gasteiger charge is 2.35. The second kappa shape index (κ2) is 11.3. The van der Waals surface area contributed by atoms with Gasteiger partial charge in [-0.25, -0.2) is 0 Å². The van der Waals surface area contributed by atoms with E-state index < -0.39 is 16.7 Å². The third-order valence-corrected chi connectivity index (χ3v) is 9.92. The quantitative estimate of drug-likeness (QED) is 0.318. The van der Waals surface area contributed by atoms with Gasteiger partial charge in [0.1, 0.15) is 16.7 Å². The van der Waals surface area contributed by atoms with Gasteiger partial charge in [0.25, 0.3) is 0 Å². The number of carboxylic acids is 1. The van der Waals surface area contributed by atoms with Crippen molar-refractivity contribution in [2.45, 2.75) is 63.1 Å². The minimum absolute atomic E-state index is 0.0147. The summed E-state index contributed by atoms with van der Waals surface area (Å²) in [5, 5.41) is 9.82. The Morgan fingerprint density at radius 3 is 2.59 bits per heavy atom. The fraction of sp³-hybridized carbons (Fsp3) is 0.387. The van der Waals surface area contributed by atoms with E-state index in [-0.39, 0.29) is 18.4 Å². The average molecular weight is 551 g/mol. The molecule has 0 spiro atoms. The number of rotatable bonds is 7. The lowest BCUT2D eigenvalue weighted by Crippen LogP contribution is -2.34. The molecule has 0 aromatic heterocycles. The summed E-state index contributed by atoms with van der Waals surface area (Å²) in [4.78, 5) is 14.7. The van der Waals surface area contributed by atoms with E-state index in [0.29, 0.717) is 23.7 Å². The molecule has 0 amide bonds. The van der Waals surface area contributed by atoms with E-state index in [0.717, 1.165) is 48.2 Å². The zero-order valence-corrected chi connectivity index (χ0v) is 23.7. The van der Waals surface area contributed by atoms with Crippen molar-refractivity contribution in [1.82, 2.24) is 9.21 Å². The first kappa shape index (κ1) is 27.7. The van der Waals surface area contributed by atoms with Crippen LogP contribution in [-0.4, -0.2) is 55.6 Å². The minimum atomic E-state index is -3.29. The third kappa shape index (κ3) is 5.85. The topological polar surface area (TPSA) is 93.5 Å². The van der Waals surface area contributed by atoms with Crippen LogP contribution in [0.3, 0.4) is 0 Å². The fourth-order valence-electron chi connectivity index (χ4n) is 5.63. The van der Waals surface area contributed by atoms with E-state index in [9.17, 15) is 19.0 Å². The van der Waals surface area contributed by atoms with Gasteiger partial charge in [0.15, 0.2) is 0 Å². The molecule has 3 N–H and O–H groups in total. The largest absolute Gasteiger partial charge is 0.487 e. The van der Waals surface area contributed by atoms with E-state index >= 15 is 0 Å². The van der Waals surface area contributed by atoms with Gasteiger partial charge < -0.3 is 14.7 Å². The molecule has 39 heavy (non-hydrogen) atoms. The number of ether oxygens (including phenoxy) is 1. The van der Waals surface area contributed by atoms with Crippen molar-refractivity contribution in [1.29, 1.82) is 0 Å². The molecule has 2 aliphatic rings. The van der Waals surface area contributed by atoms with E-state index in [1.54, 1.807) is 22.5 Å². The van der Waals surface area contributed by atoms with Crippen molar-refractivity contribution in [2.24, 2.45) is 0 Å². The molecule has 8 heteroatoms. The number of hydrogen-bond donors (Lipinski definition) is 3. The number of hydrogen-bond acceptors (Lipinski definition) is 6. The molecule has 2 atom stereocenters. The smallest absolute Gasteiger partial charge is 0.304 e. The van der Waals surface area contributed by atoms with Gasteiger partial charge in [-0.05, 0) is 72.3 Å². The predicted molar refractivity (Wildman–Crippen MR) is 154 cm³/mol. The SMILES string of the molecule is CC[C@@H]1CN(Cc2cc(C(CC(=O)O)c3ccc4c(c3)CCN(C)C4)ccc2C)S(O)(O)c2ccccc2O1. The first-order valence-electron chi connectivity index (χ1n) is 13.6. The number of fused-ring (bicyclic) bond motifs is 2. The van der Waals surface area contributed by atoms with E-state index in [2.05, 4.69) is 30.1 Å². The van der Waals surface area contributed by atoms with Gasteiger partial charge in [0.05, 0.1) is 13.0 Å². The highest BCUT2D eigenvalue weighted by atomic mass is 32.3. The Hall–Kier alpha value is -2.88. The van der Waals surface area contributed by atoms with Crippen LogP contribution in [0.5, 0.6) is 5.75 Å². The molecular formula is C31H38N2O5S. The molecule has 0 saturated carbocycles. The normalized spacial score (nSPS) is 20.7. The van der Waals surface area contributed by atoms with Crippen LogP contribution in [0.2, 0.25) is 0 Å². The van der Waals surface area contributed by atoms with Gasteiger partial charge in [0.2, 0.25) is 0 Å². The van der Waals surface area contributed by atoms with Crippen LogP contribution in [0.4, 0.5) is 0 Å². The number of aryl methyl sites for hydroxylation is 1. The summed E-state index contributed by atoms with van der Waals surface area (Å²) in [6.07, 6.45) is 1.48. The number of nitrogens with zero attached hydrogens (tertiary/aromatic N) is 2. The number of benzene rings is 3. The van der Waals surface area contributed by atoms with Crippen LogP contribution < -0.4 is 4.74 Å². The van der Waals surface area contributed by atoms with E-state index in [1.807, 2.05) is 38.1 Å². The molecule has 2 heterocycles. The summed E-state index contributed by atoms with van der Waals surface area (Å²) in [6.45, 7) is 6.61. The lowest BCUT2D eigenvalue weighted by atomic mass is 9.84. The van der Waals surface area contributed by atoms with Crippen LogP contribution in [-0.2, 0) is 24.3 Å². The minimum Gasteiger partial charge on any atom is -0.487 e. The Morgan fingerprint density at radius 2 is 1.82 bits per heavy atom. The third-order valence-electron chi connectivity index (χ3n) is 8.00. The van der Waals surface area contributed by atoms with E-state index in [4.69, 9.17) is 4.74 Å². The Bertz CT molecular complexity index is 1360. The summed E-state index contributed by atoms with van der Waals surface area (Å²) in [7, 11) is -1.17. The van der Waals surface area contributed by atoms with Gasteiger partial charge in [-0.15, -0.1) is 10.8 Å². The Morgan fingerprint density at radius 1 is 1.08 bits per heavy atom. The molecule has 5 rings (SSSR count). The maximum atomic E-state index is 12.0. The zero-order valence-electron chi connectivity index (χ0n) is 22.8. The van der Waals surface area contributed by atoms with Gasteiger partial charge in [-0.1, -0.05) is 55.5 Å². The first-order chi connectivity index (χ1) is 18.7. The second-order valence-corrected chi connectivity index (χ2v) is 12.8. The van der Waals surface area contributed by atoms with Crippen LogP contribution in [0, 0.1) is 6.92 Å². The molecule has 3 aromatic carbocycles. The van der Waals surface area contributed by atoms with Crippen LogP contribution in [0.1, 0.15) is 59.1 Å². The summed E-state index contributed by atoms with van der Waals surface area (Å²) >= 11 is 0. The van der Waals surface area contributed by atoms with Gasteiger partial charge in [-0.2, -0.15) is 4.31 Å². The van der Waals surface area contributed by atoms with Crippen LogP contribution in [0.15, 0.2) is 65.6 Å². The Labute approximate surface area is 232 Å². The molecule has 208 valence electrons. The molecule has 0 radical (unpaired) electrons. The van der Waals surface area contributed by atoms with Crippen molar-refractivity contribution in [3.8, 4) is 5.75 Å². The molecule has 0 aliphatic carbocycles. The Kier molecular flexibility index (Phi) is 8.03. The van der Waals surface area contributed by atoms with Crippen molar-refractivity contribution >= 4 is 16.7 Å². The van der Waals surface area contributed by atoms with Crippen molar-refractivity contribution < 1.29 is 23.7 Å². The zero-order chi connectivity index (χ0) is 27.7. The van der Waals surface area contributed by atoms with Gasteiger partial charge >= 0.3 is 5.97 Å². The van der Waals surface area contributed by atoms with Crippen molar-refractivity contribution in [3.05, 3.63) is 94.0 Å². The molecule has 2 aliphatic heterocycles. The lowest BCUT2D eigenvalue weighted by molar-refractivity contribution is -0.137. The first-order valence-corrected chi connectivity index (χ1v) is 15.1. The maximum absolute atomic E-state index is 12.0. The van der Waals surface area contributed by atoms with Crippen LogP contribution >= 0.6 is 10.8 Å². The molecule has 3 aromatic rings. The second-order valence-electron chi connectivity index (χ2n) is 10.8. The van der Waals surface area contributed by atoms with Gasteiger partial charge in [-0.3, -0.25) is 13.9 Å². The number of likely N-dealkylation sites (N-methyl/N-ethyl adjacent to an activating group) is 1. The van der Waals surface area contributed by atoms with Gasteiger partial charge in [0, 0.05) is 25.6 Å². The summed E-state index contributed by atoms with van der Waals surface area (Å²) < 4.78 is 30.8.